The lowest BCUT2D eigenvalue weighted by Gasteiger charge is -2.03. The molecule has 2 heterocycles. The Morgan fingerprint density at radius 2 is 2.08 bits per heavy atom. The van der Waals surface area contributed by atoms with Crippen LogP contribution in [0.15, 0.2) is 18.6 Å². The zero-order valence-corrected chi connectivity index (χ0v) is 6.15. The third-order valence-corrected chi connectivity index (χ3v) is 1.44. The molecule has 0 aliphatic carbocycles. The average Bonchev–Trinajstić information content (AvgIpc) is 2.47. The van der Waals surface area contributed by atoms with Crippen molar-refractivity contribution >= 4 is 5.78 Å². The van der Waals surface area contributed by atoms with Crippen molar-refractivity contribution in [3.05, 3.63) is 24.3 Å². The predicted octanol–water partition coefficient (Wildman–Crippen LogP) is 1.14. The van der Waals surface area contributed by atoms with Crippen molar-refractivity contribution in [3.63, 3.8) is 0 Å². The van der Waals surface area contributed by atoms with E-state index in [0.29, 0.717) is 0 Å². The van der Waals surface area contributed by atoms with Gasteiger partial charge in [-0.1, -0.05) is 0 Å². The van der Waals surface area contributed by atoms with Crippen LogP contribution in [0.25, 0.3) is 5.78 Å². The number of nitrogens with zero attached hydrogens (tertiary/aromatic N) is 4. The van der Waals surface area contributed by atoms with Crippen molar-refractivity contribution in [3.8, 4) is 0 Å². The molecule has 0 radical (unpaired) electrons. The molecule has 0 aliphatic rings. The summed E-state index contributed by atoms with van der Waals surface area (Å²) in [6.07, 6.45) is -2.13. The van der Waals surface area contributed by atoms with E-state index in [0.717, 1.165) is 23.1 Å². The van der Waals surface area contributed by atoms with Crippen LogP contribution >= 0.6 is 0 Å². The molecule has 0 saturated carbocycles. The first kappa shape index (κ1) is 7.96. The molecule has 0 fully saturated rings. The monoisotopic (exact) mass is 188 g/mol. The molecule has 0 bridgehead atoms. The third-order valence-electron chi connectivity index (χ3n) is 1.44. The number of hydrogen-bond donors (Lipinski definition) is 0. The molecular formula is C6H3F3N4. The first-order valence-electron chi connectivity index (χ1n) is 3.31. The topological polar surface area (TPSA) is 43.1 Å². The summed E-state index contributed by atoms with van der Waals surface area (Å²) >= 11 is 0. The minimum atomic E-state index is -4.44. The SMILES string of the molecule is FC(F)(F)c1ccn2ncnc2n1. The maximum absolute atomic E-state index is 12.1. The molecule has 0 atom stereocenters. The molecule has 0 aromatic carbocycles. The lowest BCUT2D eigenvalue weighted by Crippen LogP contribution is -2.09. The van der Waals surface area contributed by atoms with Crippen molar-refractivity contribution in [1.29, 1.82) is 0 Å². The van der Waals surface area contributed by atoms with E-state index in [1.807, 2.05) is 0 Å². The van der Waals surface area contributed by atoms with Gasteiger partial charge in [-0.3, -0.25) is 0 Å². The highest BCUT2D eigenvalue weighted by Gasteiger charge is 2.32. The third kappa shape index (κ3) is 1.32. The normalized spacial score (nSPS) is 12.2. The standard InChI is InChI=1S/C6H3F3N4/c7-6(8,9)4-1-2-13-5(12-4)10-3-11-13/h1-3H. The van der Waals surface area contributed by atoms with Gasteiger partial charge >= 0.3 is 6.18 Å². The summed E-state index contributed by atoms with van der Waals surface area (Å²) in [5.74, 6) is -0.0603. The maximum Gasteiger partial charge on any atom is 0.433 e. The van der Waals surface area contributed by atoms with Crippen LogP contribution < -0.4 is 0 Å². The lowest BCUT2D eigenvalue weighted by molar-refractivity contribution is -0.141. The zero-order chi connectivity index (χ0) is 9.47. The van der Waals surface area contributed by atoms with Gasteiger partial charge in [0.15, 0.2) is 0 Å². The highest BCUT2D eigenvalue weighted by Crippen LogP contribution is 2.26. The number of halogens is 3. The van der Waals surface area contributed by atoms with Gasteiger partial charge in [-0.25, -0.2) is 9.50 Å². The van der Waals surface area contributed by atoms with Crippen LogP contribution in [0.3, 0.4) is 0 Å². The van der Waals surface area contributed by atoms with E-state index < -0.39 is 11.9 Å². The summed E-state index contributed by atoms with van der Waals surface area (Å²) in [5, 5.41) is 3.62. The molecule has 0 N–H and O–H groups in total. The first-order valence-corrected chi connectivity index (χ1v) is 3.31. The van der Waals surface area contributed by atoms with Gasteiger partial charge in [0.2, 0.25) is 0 Å². The zero-order valence-electron chi connectivity index (χ0n) is 6.15. The van der Waals surface area contributed by atoms with Crippen molar-refractivity contribution in [2.24, 2.45) is 0 Å². The second-order valence-corrected chi connectivity index (χ2v) is 2.32. The van der Waals surface area contributed by atoms with Gasteiger partial charge in [0.05, 0.1) is 0 Å². The number of aromatic nitrogens is 4. The predicted molar refractivity (Wildman–Crippen MR) is 35.8 cm³/mol. The van der Waals surface area contributed by atoms with Crippen molar-refractivity contribution in [2.75, 3.05) is 0 Å². The fraction of sp³-hybridized carbons (Fsp3) is 0.167. The Balaban J connectivity index is 2.61. The van der Waals surface area contributed by atoms with Crippen LogP contribution in [0.5, 0.6) is 0 Å². The largest absolute Gasteiger partial charge is 0.433 e. The Labute approximate surface area is 70.0 Å². The van der Waals surface area contributed by atoms with E-state index in [-0.39, 0.29) is 5.78 Å². The highest BCUT2D eigenvalue weighted by molar-refractivity contribution is 5.26. The van der Waals surface area contributed by atoms with E-state index in [1.165, 1.54) is 0 Å². The van der Waals surface area contributed by atoms with Crippen molar-refractivity contribution < 1.29 is 13.2 Å². The summed E-state index contributed by atoms with van der Waals surface area (Å²) in [6.45, 7) is 0. The minimum absolute atomic E-state index is 0.0603. The molecule has 4 nitrogen and oxygen atoms in total. The summed E-state index contributed by atoms with van der Waals surface area (Å²) in [5.41, 5.74) is -0.965. The summed E-state index contributed by atoms with van der Waals surface area (Å²) in [6, 6.07) is 0.849. The highest BCUT2D eigenvalue weighted by atomic mass is 19.4. The second kappa shape index (κ2) is 2.41. The minimum Gasteiger partial charge on any atom is -0.207 e. The molecule has 7 heteroatoms. The van der Waals surface area contributed by atoms with E-state index >= 15 is 0 Å². The van der Waals surface area contributed by atoms with E-state index in [4.69, 9.17) is 0 Å². The van der Waals surface area contributed by atoms with Gasteiger partial charge in [0.25, 0.3) is 5.78 Å². The smallest absolute Gasteiger partial charge is 0.207 e. The molecule has 2 rings (SSSR count). The van der Waals surface area contributed by atoms with Crippen LogP contribution in [0.1, 0.15) is 5.69 Å². The molecule has 0 saturated heterocycles. The van der Waals surface area contributed by atoms with Crippen LogP contribution in [0.4, 0.5) is 13.2 Å². The van der Waals surface area contributed by atoms with Crippen LogP contribution in [0.2, 0.25) is 0 Å². The number of hydrogen-bond acceptors (Lipinski definition) is 3. The van der Waals surface area contributed by atoms with Crippen LogP contribution in [0, 0.1) is 0 Å². The molecule has 0 amide bonds. The quantitative estimate of drug-likeness (QED) is 0.622. The van der Waals surface area contributed by atoms with E-state index in [1.54, 1.807) is 0 Å². The van der Waals surface area contributed by atoms with Gasteiger partial charge in [-0.2, -0.15) is 23.3 Å². The summed E-state index contributed by atoms with van der Waals surface area (Å²) in [4.78, 5) is 6.80. The molecule has 68 valence electrons. The van der Waals surface area contributed by atoms with Gasteiger partial charge in [0, 0.05) is 6.20 Å². The molecular weight excluding hydrogens is 185 g/mol. The van der Waals surface area contributed by atoms with E-state index in [9.17, 15) is 13.2 Å². The van der Waals surface area contributed by atoms with Gasteiger partial charge < -0.3 is 0 Å². The molecule has 0 unspecified atom stereocenters. The van der Waals surface area contributed by atoms with Gasteiger partial charge in [-0.15, -0.1) is 0 Å². The Morgan fingerprint density at radius 3 is 2.77 bits per heavy atom. The number of fused-ring (bicyclic) bond motifs is 1. The van der Waals surface area contributed by atoms with Gasteiger partial charge in [0.1, 0.15) is 12.0 Å². The number of rotatable bonds is 0. The molecule has 0 aliphatic heterocycles. The van der Waals surface area contributed by atoms with Gasteiger partial charge in [-0.05, 0) is 6.07 Å². The molecule has 0 spiro atoms. The Morgan fingerprint density at radius 1 is 1.31 bits per heavy atom. The first-order chi connectivity index (χ1) is 6.07. The van der Waals surface area contributed by atoms with Crippen LogP contribution in [-0.2, 0) is 6.18 Å². The fourth-order valence-electron chi connectivity index (χ4n) is 0.873. The van der Waals surface area contributed by atoms with Crippen LogP contribution in [-0.4, -0.2) is 19.6 Å². The van der Waals surface area contributed by atoms with E-state index in [2.05, 4.69) is 15.1 Å². The number of alkyl halides is 3. The molecule has 2 aromatic rings. The van der Waals surface area contributed by atoms with Crippen molar-refractivity contribution in [2.45, 2.75) is 6.18 Å². The molecule has 2 aromatic heterocycles. The maximum atomic E-state index is 12.1. The fourth-order valence-corrected chi connectivity index (χ4v) is 0.873. The Hall–Kier alpha value is -1.66. The lowest BCUT2D eigenvalue weighted by atomic mass is 10.4. The second-order valence-electron chi connectivity index (χ2n) is 2.32. The molecule has 13 heavy (non-hydrogen) atoms. The van der Waals surface area contributed by atoms with Crippen molar-refractivity contribution in [1.82, 2.24) is 19.6 Å². The Bertz CT molecular complexity index is 433. The summed E-state index contributed by atoms with van der Waals surface area (Å²) in [7, 11) is 0. The summed E-state index contributed by atoms with van der Waals surface area (Å²) < 4.78 is 37.5. The Kier molecular flexibility index (Phi) is 1.48. The average molecular weight is 188 g/mol.